The van der Waals surface area contributed by atoms with E-state index in [-0.39, 0.29) is 17.9 Å². The summed E-state index contributed by atoms with van der Waals surface area (Å²) >= 11 is 5.92. The van der Waals surface area contributed by atoms with Crippen molar-refractivity contribution in [2.24, 2.45) is 0 Å². The highest BCUT2D eigenvalue weighted by atomic mass is 35.5. The minimum atomic E-state index is -4.00. The minimum Gasteiger partial charge on any atom is -0.379 e. The highest BCUT2D eigenvalue weighted by molar-refractivity contribution is 7.89. The molecule has 0 bridgehead atoms. The van der Waals surface area contributed by atoms with Gasteiger partial charge in [0.15, 0.2) is 0 Å². The van der Waals surface area contributed by atoms with Crippen molar-refractivity contribution in [1.82, 2.24) is 9.21 Å². The standard InChI is InChI=1S/C22H24ClN3O5S/c23-17-6-8-18(9-7-17)26-21(27)16-20(22(26)28)25(11-10-24-12-14-31-15-13-24)32(29,30)19-4-2-1-3-5-19/h1-9,20H,10-16H2. The summed E-state index contributed by atoms with van der Waals surface area (Å²) in [5.74, 6) is -0.999. The van der Waals surface area contributed by atoms with E-state index in [0.29, 0.717) is 43.6 Å². The summed E-state index contributed by atoms with van der Waals surface area (Å²) in [6.45, 7) is 3.07. The zero-order valence-electron chi connectivity index (χ0n) is 17.4. The number of morpholine rings is 1. The van der Waals surface area contributed by atoms with Crippen molar-refractivity contribution in [3.63, 3.8) is 0 Å². The number of anilines is 1. The van der Waals surface area contributed by atoms with Crippen LogP contribution in [0.15, 0.2) is 59.5 Å². The van der Waals surface area contributed by atoms with Crippen LogP contribution in [0.4, 0.5) is 5.69 Å². The summed E-state index contributed by atoms with van der Waals surface area (Å²) < 4.78 is 33.6. The molecule has 0 aliphatic carbocycles. The van der Waals surface area contributed by atoms with Gasteiger partial charge < -0.3 is 4.74 Å². The number of rotatable bonds is 7. The van der Waals surface area contributed by atoms with E-state index in [1.807, 2.05) is 0 Å². The van der Waals surface area contributed by atoms with Crippen LogP contribution in [0.3, 0.4) is 0 Å². The van der Waals surface area contributed by atoms with Gasteiger partial charge in [-0.25, -0.2) is 13.3 Å². The van der Waals surface area contributed by atoms with Gasteiger partial charge in [0, 0.05) is 31.2 Å². The fraction of sp³-hybridized carbons (Fsp3) is 0.364. The number of carbonyl (C=O) groups excluding carboxylic acids is 2. The number of benzene rings is 2. The molecule has 2 aromatic carbocycles. The largest absolute Gasteiger partial charge is 0.379 e. The van der Waals surface area contributed by atoms with Gasteiger partial charge in [-0.3, -0.25) is 14.5 Å². The molecule has 0 N–H and O–H groups in total. The number of hydrogen-bond acceptors (Lipinski definition) is 6. The fourth-order valence-electron chi connectivity index (χ4n) is 3.94. The van der Waals surface area contributed by atoms with E-state index in [0.717, 1.165) is 4.90 Å². The van der Waals surface area contributed by atoms with Gasteiger partial charge in [-0.05, 0) is 36.4 Å². The molecular formula is C22H24ClN3O5S. The topological polar surface area (TPSA) is 87.2 Å². The first-order valence-corrected chi connectivity index (χ1v) is 12.2. The lowest BCUT2D eigenvalue weighted by molar-refractivity contribution is -0.122. The predicted molar refractivity (Wildman–Crippen MR) is 120 cm³/mol. The predicted octanol–water partition coefficient (Wildman–Crippen LogP) is 2.00. The number of ether oxygens (including phenoxy) is 1. The quantitative estimate of drug-likeness (QED) is 0.567. The van der Waals surface area contributed by atoms with Gasteiger partial charge in [-0.2, -0.15) is 4.31 Å². The molecule has 1 atom stereocenters. The number of nitrogens with zero attached hydrogens (tertiary/aromatic N) is 3. The molecule has 1 unspecified atom stereocenters. The van der Waals surface area contributed by atoms with Crippen LogP contribution in [0.2, 0.25) is 5.02 Å². The number of imide groups is 1. The van der Waals surface area contributed by atoms with E-state index in [2.05, 4.69) is 4.90 Å². The zero-order valence-corrected chi connectivity index (χ0v) is 19.0. The molecule has 2 saturated heterocycles. The SMILES string of the molecule is O=C1CC(N(CCN2CCOCC2)S(=O)(=O)c2ccccc2)C(=O)N1c1ccc(Cl)cc1. The van der Waals surface area contributed by atoms with E-state index < -0.39 is 27.9 Å². The number of sulfonamides is 1. The molecule has 2 aromatic rings. The Hall–Kier alpha value is -2.30. The summed E-state index contributed by atoms with van der Waals surface area (Å²) in [6.07, 6.45) is -0.212. The molecule has 2 amide bonds. The molecule has 0 spiro atoms. The number of hydrogen-bond donors (Lipinski definition) is 0. The van der Waals surface area contributed by atoms with Crippen LogP contribution < -0.4 is 4.90 Å². The fourth-order valence-corrected chi connectivity index (χ4v) is 5.66. The minimum absolute atomic E-state index is 0.0900. The maximum Gasteiger partial charge on any atom is 0.252 e. The first-order valence-electron chi connectivity index (χ1n) is 10.4. The molecule has 8 nitrogen and oxygen atoms in total. The number of halogens is 1. The highest BCUT2D eigenvalue weighted by Gasteiger charge is 2.46. The first kappa shape index (κ1) is 22.9. The van der Waals surface area contributed by atoms with E-state index in [9.17, 15) is 18.0 Å². The number of amides is 2. The van der Waals surface area contributed by atoms with Crippen LogP contribution in [-0.2, 0) is 24.3 Å². The van der Waals surface area contributed by atoms with Crippen molar-refractivity contribution in [3.05, 3.63) is 59.6 Å². The maximum absolute atomic E-state index is 13.5. The molecule has 32 heavy (non-hydrogen) atoms. The summed E-state index contributed by atoms with van der Waals surface area (Å²) in [7, 11) is -4.00. The second-order valence-electron chi connectivity index (χ2n) is 7.65. The lowest BCUT2D eigenvalue weighted by atomic mass is 10.2. The molecule has 2 fully saturated rings. The Balaban J connectivity index is 1.63. The molecule has 0 saturated carbocycles. The van der Waals surface area contributed by atoms with Gasteiger partial charge in [-0.1, -0.05) is 29.8 Å². The highest BCUT2D eigenvalue weighted by Crippen LogP contribution is 2.30. The van der Waals surface area contributed by atoms with Crippen LogP contribution in [-0.4, -0.2) is 74.9 Å². The average molecular weight is 478 g/mol. The summed E-state index contributed by atoms with van der Waals surface area (Å²) in [6, 6.07) is 13.2. The van der Waals surface area contributed by atoms with Gasteiger partial charge in [0.2, 0.25) is 15.9 Å². The molecule has 2 heterocycles. The lowest BCUT2D eigenvalue weighted by Crippen LogP contribution is -2.49. The second-order valence-corrected chi connectivity index (χ2v) is 9.97. The van der Waals surface area contributed by atoms with E-state index in [1.54, 1.807) is 42.5 Å². The zero-order chi connectivity index (χ0) is 22.7. The van der Waals surface area contributed by atoms with Crippen molar-refractivity contribution in [1.29, 1.82) is 0 Å². The van der Waals surface area contributed by atoms with Crippen LogP contribution in [0, 0.1) is 0 Å². The summed E-state index contributed by atoms with van der Waals surface area (Å²) in [5, 5.41) is 0.475. The number of carbonyl (C=O) groups is 2. The lowest BCUT2D eigenvalue weighted by Gasteiger charge is -2.31. The third-order valence-corrected chi connectivity index (χ3v) is 7.82. The molecule has 10 heteroatoms. The van der Waals surface area contributed by atoms with Crippen LogP contribution in [0.1, 0.15) is 6.42 Å². The molecule has 2 aliphatic rings. The van der Waals surface area contributed by atoms with Crippen LogP contribution in [0.25, 0.3) is 0 Å². The third-order valence-electron chi connectivity index (χ3n) is 5.65. The van der Waals surface area contributed by atoms with Crippen molar-refractivity contribution < 1.29 is 22.7 Å². The van der Waals surface area contributed by atoms with Crippen LogP contribution in [0.5, 0.6) is 0 Å². The van der Waals surface area contributed by atoms with Crippen molar-refractivity contribution in [2.75, 3.05) is 44.3 Å². The van der Waals surface area contributed by atoms with Gasteiger partial charge >= 0.3 is 0 Å². The Morgan fingerprint density at radius 2 is 1.66 bits per heavy atom. The van der Waals surface area contributed by atoms with Gasteiger partial charge in [0.05, 0.1) is 30.2 Å². The third kappa shape index (κ3) is 4.72. The summed E-state index contributed by atoms with van der Waals surface area (Å²) in [5.41, 5.74) is 0.372. The van der Waals surface area contributed by atoms with E-state index >= 15 is 0 Å². The molecular weight excluding hydrogens is 454 g/mol. The van der Waals surface area contributed by atoms with Crippen molar-refractivity contribution >= 4 is 39.1 Å². The summed E-state index contributed by atoms with van der Waals surface area (Å²) in [4.78, 5) is 29.3. The Morgan fingerprint density at radius 3 is 2.31 bits per heavy atom. The molecule has 0 radical (unpaired) electrons. The molecule has 170 valence electrons. The van der Waals surface area contributed by atoms with Gasteiger partial charge in [0.25, 0.3) is 5.91 Å². The van der Waals surface area contributed by atoms with Crippen LogP contribution >= 0.6 is 11.6 Å². The Morgan fingerprint density at radius 1 is 1.00 bits per heavy atom. The van der Waals surface area contributed by atoms with Crippen molar-refractivity contribution in [2.45, 2.75) is 17.4 Å². The maximum atomic E-state index is 13.5. The normalized spacial score (nSPS) is 20.3. The molecule has 2 aliphatic heterocycles. The monoisotopic (exact) mass is 477 g/mol. The Labute approximate surface area is 192 Å². The average Bonchev–Trinajstić information content (AvgIpc) is 3.09. The van der Waals surface area contributed by atoms with Crippen molar-refractivity contribution in [3.8, 4) is 0 Å². The smallest absolute Gasteiger partial charge is 0.252 e. The molecule has 4 rings (SSSR count). The Bertz CT molecular complexity index is 1070. The van der Waals surface area contributed by atoms with E-state index in [4.69, 9.17) is 16.3 Å². The first-order chi connectivity index (χ1) is 15.4. The molecule has 0 aromatic heterocycles. The second kappa shape index (κ2) is 9.68. The van der Waals surface area contributed by atoms with Gasteiger partial charge in [0.1, 0.15) is 6.04 Å². The van der Waals surface area contributed by atoms with E-state index in [1.165, 1.54) is 16.4 Å². The van der Waals surface area contributed by atoms with Gasteiger partial charge in [-0.15, -0.1) is 0 Å². The Kier molecular flexibility index (Phi) is 6.92.